The molecule has 0 heterocycles. The smallest absolute Gasteiger partial charge is 0.288 e. The van der Waals surface area contributed by atoms with Crippen molar-refractivity contribution >= 4 is 17.3 Å². The summed E-state index contributed by atoms with van der Waals surface area (Å²) in [5.41, 5.74) is 6.06. The van der Waals surface area contributed by atoms with E-state index >= 15 is 0 Å². The van der Waals surface area contributed by atoms with Crippen LogP contribution in [0.25, 0.3) is 0 Å². The quantitative estimate of drug-likeness (QED) is 0.626. The highest BCUT2D eigenvalue weighted by Gasteiger charge is 2.19. The second-order valence-corrected chi connectivity index (χ2v) is 3.88. The Morgan fingerprint density at radius 2 is 2.25 bits per heavy atom. The maximum Gasteiger partial charge on any atom is 0.288 e. The van der Waals surface area contributed by atoms with E-state index in [-0.39, 0.29) is 10.7 Å². The van der Waals surface area contributed by atoms with Crippen LogP contribution in [0.2, 0.25) is 5.02 Å². The Kier molecular flexibility index (Phi) is 4.23. The van der Waals surface area contributed by atoms with E-state index in [1.54, 1.807) is 13.0 Å². The molecule has 0 bridgehead atoms. The van der Waals surface area contributed by atoms with Gasteiger partial charge in [-0.2, -0.15) is 0 Å². The van der Waals surface area contributed by atoms with Crippen molar-refractivity contribution in [3.8, 4) is 0 Å². The van der Waals surface area contributed by atoms with Gasteiger partial charge in [0.05, 0.1) is 17.1 Å². The molecule has 0 spiro atoms. The summed E-state index contributed by atoms with van der Waals surface area (Å²) in [4.78, 5) is 10.1. The Morgan fingerprint density at radius 3 is 2.75 bits per heavy atom. The summed E-state index contributed by atoms with van der Waals surface area (Å²) in [7, 11) is 0. The maximum absolute atomic E-state index is 10.7. The summed E-state index contributed by atoms with van der Waals surface area (Å²) in [6.45, 7) is 1.79. The van der Waals surface area contributed by atoms with Gasteiger partial charge >= 0.3 is 0 Å². The first-order chi connectivity index (χ1) is 7.47. The zero-order chi connectivity index (χ0) is 12.3. The third-order valence-electron chi connectivity index (χ3n) is 2.38. The molecule has 0 aliphatic heterocycles. The van der Waals surface area contributed by atoms with Gasteiger partial charge in [-0.1, -0.05) is 24.6 Å². The van der Waals surface area contributed by atoms with E-state index in [4.69, 9.17) is 17.3 Å². The molecule has 0 aromatic heterocycles. The van der Waals surface area contributed by atoms with Crippen molar-refractivity contribution in [3.05, 3.63) is 38.9 Å². The van der Waals surface area contributed by atoms with Crippen LogP contribution in [-0.4, -0.2) is 16.1 Å². The van der Waals surface area contributed by atoms with Crippen LogP contribution in [0, 0.1) is 10.1 Å². The number of nitro groups is 1. The normalized spacial score (nSPS) is 14.5. The summed E-state index contributed by atoms with van der Waals surface area (Å²) in [5.74, 6) is 0. The van der Waals surface area contributed by atoms with Gasteiger partial charge in [-0.25, -0.2) is 0 Å². The van der Waals surface area contributed by atoms with Crippen LogP contribution in [0.3, 0.4) is 0 Å². The van der Waals surface area contributed by atoms with Crippen molar-refractivity contribution in [2.45, 2.75) is 25.5 Å². The van der Waals surface area contributed by atoms with E-state index in [0.29, 0.717) is 12.0 Å². The number of aliphatic hydroxyl groups excluding tert-OH is 1. The topological polar surface area (TPSA) is 89.4 Å². The van der Waals surface area contributed by atoms with Crippen LogP contribution in [0.4, 0.5) is 5.69 Å². The lowest BCUT2D eigenvalue weighted by molar-refractivity contribution is -0.384. The fraction of sp³-hybridized carbons (Fsp3) is 0.400. The van der Waals surface area contributed by atoms with Crippen LogP contribution in [0.1, 0.15) is 24.9 Å². The first kappa shape index (κ1) is 12.9. The molecule has 16 heavy (non-hydrogen) atoms. The Balaban J connectivity index is 3.07. The minimum atomic E-state index is -0.722. The van der Waals surface area contributed by atoms with E-state index in [2.05, 4.69) is 0 Å². The first-order valence-corrected chi connectivity index (χ1v) is 5.22. The molecular weight excluding hydrogens is 232 g/mol. The second kappa shape index (κ2) is 5.25. The fourth-order valence-corrected chi connectivity index (χ4v) is 1.54. The average molecular weight is 245 g/mol. The van der Waals surface area contributed by atoms with Crippen molar-refractivity contribution in [1.29, 1.82) is 0 Å². The summed E-state index contributed by atoms with van der Waals surface area (Å²) < 4.78 is 0. The number of hydrogen-bond acceptors (Lipinski definition) is 4. The molecule has 2 atom stereocenters. The van der Waals surface area contributed by atoms with Crippen molar-refractivity contribution in [2.24, 2.45) is 5.73 Å². The van der Waals surface area contributed by atoms with Gasteiger partial charge in [0.25, 0.3) is 5.69 Å². The molecule has 0 radical (unpaired) electrons. The zero-order valence-electron chi connectivity index (χ0n) is 8.76. The van der Waals surface area contributed by atoms with Crippen LogP contribution in [0.15, 0.2) is 18.2 Å². The van der Waals surface area contributed by atoms with E-state index in [0.717, 1.165) is 0 Å². The van der Waals surface area contributed by atoms with Gasteiger partial charge in [0.15, 0.2) is 0 Å². The third-order valence-corrected chi connectivity index (χ3v) is 2.70. The summed E-state index contributed by atoms with van der Waals surface area (Å²) in [6, 6.07) is 3.66. The van der Waals surface area contributed by atoms with Gasteiger partial charge in [-0.3, -0.25) is 10.1 Å². The Morgan fingerprint density at radius 1 is 1.62 bits per heavy atom. The van der Waals surface area contributed by atoms with Gasteiger partial charge in [0, 0.05) is 6.07 Å². The lowest BCUT2D eigenvalue weighted by Crippen LogP contribution is -2.25. The highest BCUT2D eigenvalue weighted by Crippen LogP contribution is 2.28. The van der Waals surface area contributed by atoms with Crippen molar-refractivity contribution in [1.82, 2.24) is 0 Å². The zero-order valence-corrected chi connectivity index (χ0v) is 9.52. The lowest BCUT2D eigenvalue weighted by atomic mass is 10.0. The predicted molar refractivity (Wildman–Crippen MR) is 61.3 cm³/mol. The molecule has 1 rings (SSSR count). The number of nitrogens with zero attached hydrogens (tertiary/aromatic N) is 1. The number of nitrogens with two attached hydrogens (primary N) is 1. The van der Waals surface area contributed by atoms with Crippen molar-refractivity contribution in [2.75, 3.05) is 0 Å². The molecule has 0 aliphatic rings. The molecular formula is C10H13ClN2O3. The molecule has 0 amide bonds. The highest BCUT2D eigenvalue weighted by atomic mass is 35.5. The van der Waals surface area contributed by atoms with Crippen molar-refractivity contribution in [3.63, 3.8) is 0 Å². The van der Waals surface area contributed by atoms with E-state index in [1.807, 2.05) is 0 Å². The molecule has 0 saturated heterocycles. The molecule has 1 aromatic rings. The summed E-state index contributed by atoms with van der Waals surface area (Å²) >= 11 is 5.66. The lowest BCUT2D eigenvalue weighted by Gasteiger charge is -2.17. The number of hydrogen-bond donors (Lipinski definition) is 2. The molecule has 3 N–H and O–H groups in total. The van der Waals surface area contributed by atoms with Crippen LogP contribution < -0.4 is 5.73 Å². The highest BCUT2D eigenvalue weighted by molar-refractivity contribution is 6.32. The van der Waals surface area contributed by atoms with E-state index < -0.39 is 17.1 Å². The van der Waals surface area contributed by atoms with E-state index in [1.165, 1.54) is 12.1 Å². The number of rotatable bonds is 4. The molecule has 0 aliphatic carbocycles. The Hall–Kier alpha value is -1.17. The molecule has 6 heteroatoms. The summed E-state index contributed by atoms with van der Waals surface area (Å²) in [6.07, 6.45) is -0.238. The van der Waals surface area contributed by atoms with Gasteiger partial charge < -0.3 is 10.8 Å². The SMILES string of the molecule is CC[C@@H](O)[C@@H](N)c1ccc(Cl)c([N+](=O)[O-])c1. The van der Waals surface area contributed by atoms with Crippen molar-refractivity contribution < 1.29 is 10.0 Å². The molecule has 88 valence electrons. The second-order valence-electron chi connectivity index (χ2n) is 3.47. The maximum atomic E-state index is 10.7. The molecule has 5 nitrogen and oxygen atoms in total. The number of nitro benzene ring substituents is 1. The third kappa shape index (κ3) is 2.69. The molecule has 0 fully saturated rings. The average Bonchev–Trinajstić information content (AvgIpc) is 2.27. The molecule has 1 aromatic carbocycles. The predicted octanol–water partition coefficient (Wildman–Crippen LogP) is 2.02. The standard InChI is InChI=1S/C10H13ClN2O3/c1-2-9(14)10(12)6-3-4-7(11)8(5-6)13(15)16/h3-5,9-10,14H,2,12H2,1H3/t9-,10+/m1/s1. The first-order valence-electron chi connectivity index (χ1n) is 4.84. The minimum absolute atomic E-state index is 0.0620. The Labute approximate surface area is 98.0 Å². The molecule has 0 saturated carbocycles. The van der Waals surface area contributed by atoms with Gasteiger partial charge in [0.2, 0.25) is 0 Å². The number of benzene rings is 1. The molecule has 0 unspecified atom stereocenters. The minimum Gasteiger partial charge on any atom is -0.391 e. The largest absolute Gasteiger partial charge is 0.391 e. The summed E-state index contributed by atoms with van der Waals surface area (Å²) in [5, 5.41) is 20.3. The fourth-order valence-electron chi connectivity index (χ4n) is 1.35. The van der Waals surface area contributed by atoms with Gasteiger partial charge in [-0.15, -0.1) is 0 Å². The number of aliphatic hydroxyl groups is 1. The van der Waals surface area contributed by atoms with E-state index in [9.17, 15) is 15.2 Å². The van der Waals surface area contributed by atoms with Gasteiger partial charge in [-0.05, 0) is 18.1 Å². The monoisotopic (exact) mass is 244 g/mol. The van der Waals surface area contributed by atoms with Crippen LogP contribution in [0.5, 0.6) is 0 Å². The Bertz CT molecular complexity index is 398. The van der Waals surface area contributed by atoms with Crippen LogP contribution >= 0.6 is 11.6 Å². The van der Waals surface area contributed by atoms with Gasteiger partial charge in [0.1, 0.15) is 5.02 Å². The number of halogens is 1. The van der Waals surface area contributed by atoms with Crippen LogP contribution in [-0.2, 0) is 0 Å².